The second-order valence-corrected chi connectivity index (χ2v) is 0.995. The summed E-state index contributed by atoms with van der Waals surface area (Å²) in [6, 6.07) is 0. The van der Waals surface area contributed by atoms with Crippen LogP contribution in [0.3, 0.4) is 0 Å². The third-order valence-corrected chi connectivity index (χ3v) is 0.341. The molecule has 0 aromatic carbocycles. The number of hydrogen-bond donors (Lipinski definition) is 2. The molecule has 0 aromatic rings. The molecule has 0 amide bonds. The largest absolute Gasteiger partial charge is 3.00 e. The van der Waals surface area contributed by atoms with Crippen LogP contribution in [0.25, 0.3) is 0 Å². The van der Waals surface area contributed by atoms with Crippen LogP contribution in [0.2, 0.25) is 0 Å². The summed E-state index contributed by atoms with van der Waals surface area (Å²) in [5, 5.41) is 17.3. The molecule has 2 radical (unpaired) electrons. The summed E-state index contributed by atoms with van der Waals surface area (Å²) < 4.78 is 0. The minimum absolute atomic E-state index is 0. The summed E-state index contributed by atoms with van der Waals surface area (Å²) in [5.74, 6) is -1.44. The molecule has 0 aliphatic heterocycles. The zero-order chi connectivity index (χ0) is 5.15. The standard InChI is InChI=1S/C3H6O3.Bi.H3N/c1-2(4)3(5)6;;/h2,4H,1H3,(H,5,6);;1H3/q;+3;. The maximum atomic E-state index is 9.34. The maximum Gasteiger partial charge on any atom is 3.00 e. The molecule has 0 fully saturated rings. The van der Waals surface area contributed by atoms with Crippen LogP contribution in [0.5, 0.6) is 0 Å². The van der Waals surface area contributed by atoms with Crippen LogP contribution in [0.15, 0.2) is 0 Å². The van der Waals surface area contributed by atoms with E-state index in [1.54, 1.807) is 0 Å². The molecule has 5 N–H and O–H groups in total. The Labute approximate surface area is 66.6 Å². The summed E-state index contributed by atoms with van der Waals surface area (Å²) in [6.07, 6.45) is -1.34. The normalized spacial score (nSPS) is 10.2. The van der Waals surface area contributed by atoms with E-state index in [4.69, 9.17) is 5.11 Å². The number of carbonyl (C=O) groups excluding carboxylic acids is 1. The fraction of sp³-hybridized carbons (Fsp3) is 0.667. The number of quaternary nitrogens is 1. The van der Waals surface area contributed by atoms with E-state index in [9.17, 15) is 9.90 Å². The minimum Gasteiger partial charge on any atom is -0.547 e. The Kier molecular flexibility index (Phi) is 14.3. The van der Waals surface area contributed by atoms with E-state index in [0.29, 0.717) is 0 Å². The first-order valence-electron chi connectivity index (χ1n) is 1.53. The Morgan fingerprint density at radius 1 is 1.75 bits per heavy atom. The van der Waals surface area contributed by atoms with Crippen LogP contribution in [-0.4, -0.2) is 43.4 Å². The third kappa shape index (κ3) is 9.55. The van der Waals surface area contributed by atoms with E-state index in [2.05, 4.69) is 0 Å². The van der Waals surface area contributed by atoms with Crippen molar-refractivity contribution in [3.8, 4) is 0 Å². The molecule has 0 spiro atoms. The van der Waals surface area contributed by atoms with Crippen LogP contribution in [0.1, 0.15) is 6.92 Å². The van der Waals surface area contributed by atoms with Crippen LogP contribution in [0, 0.1) is 0 Å². The van der Waals surface area contributed by atoms with E-state index < -0.39 is 12.1 Å². The molecule has 0 saturated carbocycles. The first kappa shape index (κ1) is 15.7. The van der Waals surface area contributed by atoms with Gasteiger partial charge in [0, 0.05) is 0 Å². The number of aliphatic hydroxyl groups is 1. The molecule has 0 rings (SSSR count). The van der Waals surface area contributed by atoms with Crippen molar-refractivity contribution < 1.29 is 15.0 Å². The maximum absolute atomic E-state index is 9.34. The minimum atomic E-state index is -1.44. The number of hydrogen-bond acceptors (Lipinski definition) is 3. The Bertz CT molecular complexity index is 65.5. The van der Waals surface area contributed by atoms with Crippen molar-refractivity contribution in [1.29, 1.82) is 0 Å². The zero-order valence-corrected chi connectivity index (χ0v) is 8.27. The van der Waals surface area contributed by atoms with Crippen molar-refractivity contribution in [2.45, 2.75) is 13.0 Å². The van der Waals surface area contributed by atoms with Crippen LogP contribution < -0.4 is 11.3 Å². The molecule has 8 heavy (non-hydrogen) atoms. The first-order chi connectivity index (χ1) is 2.64. The van der Waals surface area contributed by atoms with E-state index in [1.165, 1.54) is 0 Å². The van der Waals surface area contributed by atoms with Gasteiger partial charge in [-0.3, -0.25) is 0 Å². The van der Waals surface area contributed by atoms with Gasteiger partial charge in [-0.1, -0.05) is 0 Å². The summed E-state index contributed by atoms with van der Waals surface area (Å²) in [7, 11) is 0. The smallest absolute Gasteiger partial charge is 0.547 e. The summed E-state index contributed by atoms with van der Waals surface area (Å²) in [5.41, 5.74) is 0. The van der Waals surface area contributed by atoms with Crippen molar-refractivity contribution >= 4 is 32.2 Å². The predicted octanol–water partition coefficient (Wildman–Crippen LogP) is -1.89. The third-order valence-electron chi connectivity index (χ3n) is 0.341. The SMILES string of the molecule is CC(O)C(=O)[O-].[Bi+3].[NH4+]. The van der Waals surface area contributed by atoms with Crippen molar-refractivity contribution in [2.24, 2.45) is 0 Å². The Morgan fingerprint density at radius 3 is 1.88 bits per heavy atom. The molecule has 1 atom stereocenters. The number of carboxylic acid groups (broad SMARTS) is 1. The van der Waals surface area contributed by atoms with Gasteiger partial charge in [-0.15, -0.1) is 0 Å². The molecule has 1 unspecified atom stereocenters. The molecular formula is C3H9BiNO3+3. The number of carboxylic acids is 1. The van der Waals surface area contributed by atoms with Gasteiger partial charge in [0.2, 0.25) is 0 Å². The number of aliphatic hydroxyl groups excluding tert-OH is 1. The van der Waals surface area contributed by atoms with Gasteiger partial charge in [0.25, 0.3) is 0 Å². The van der Waals surface area contributed by atoms with Gasteiger partial charge in [-0.25, -0.2) is 0 Å². The number of aliphatic carboxylic acids is 1. The second kappa shape index (κ2) is 7.27. The average molecular weight is 316 g/mol. The van der Waals surface area contributed by atoms with E-state index in [0.717, 1.165) is 6.92 Å². The molecule has 0 aliphatic carbocycles. The number of carbonyl (C=O) groups is 1. The van der Waals surface area contributed by atoms with Crippen molar-refractivity contribution in [3.63, 3.8) is 0 Å². The first-order valence-corrected chi connectivity index (χ1v) is 1.53. The number of rotatable bonds is 1. The Hall–Kier alpha value is 0.273. The predicted molar refractivity (Wildman–Crippen MR) is 28.4 cm³/mol. The Morgan fingerprint density at radius 2 is 1.88 bits per heavy atom. The van der Waals surface area contributed by atoms with Gasteiger partial charge in [0.1, 0.15) is 0 Å². The average Bonchev–Trinajstić information content (AvgIpc) is 1.36. The van der Waals surface area contributed by atoms with Crippen LogP contribution in [-0.2, 0) is 4.79 Å². The molecule has 0 heterocycles. The molecule has 5 heteroatoms. The summed E-state index contributed by atoms with van der Waals surface area (Å²) in [6.45, 7) is 1.13. The van der Waals surface area contributed by atoms with E-state index in [1.807, 2.05) is 0 Å². The van der Waals surface area contributed by atoms with Gasteiger partial charge < -0.3 is 21.2 Å². The Balaban J connectivity index is -0.000000125. The van der Waals surface area contributed by atoms with Crippen LogP contribution >= 0.6 is 0 Å². The molecule has 46 valence electrons. The fourth-order valence-electron chi connectivity index (χ4n) is 0. The van der Waals surface area contributed by atoms with Gasteiger partial charge in [0.15, 0.2) is 0 Å². The molecule has 0 aliphatic rings. The van der Waals surface area contributed by atoms with Crippen molar-refractivity contribution in [2.75, 3.05) is 0 Å². The van der Waals surface area contributed by atoms with Gasteiger partial charge in [0.05, 0.1) is 12.1 Å². The monoisotopic (exact) mass is 316 g/mol. The van der Waals surface area contributed by atoms with Gasteiger partial charge >= 0.3 is 26.2 Å². The van der Waals surface area contributed by atoms with Crippen molar-refractivity contribution in [3.05, 3.63) is 0 Å². The molecule has 0 bridgehead atoms. The molecule has 0 aromatic heterocycles. The van der Waals surface area contributed by atoms with Crippen LogP contribution in [0.4, 0.5) is 0 Å². The van der Waals surface area contributed by atoms with Gasteiger partial charge in [-0.05, 0) is 6.92 Å². The molecule has 4 nitrogen and oxygen atoms in total. The molecule has 0 saturated heterocycles. The van der Waals surface area contributed by atoms with E-state index in [-0.39, 0.29) is 32.4 Å². The quantitative estimate of drug-likeness (QED) is 0.554. The zero-order valence-electron chi connectivity index (χ0n) is 4.79. The topological polar surface area (TPSA) is 96.9 Å². The fourth-order valence-corrected chi connectivity index (χ4v) is 0. The summed E-state index contributed by atoms with van der Waals surface area (Å²) >= 11 is 0. The molecular weight excluding hydrogens is 307 g/mol. The summed E-state index contributed by atoms with van der Waals surface area (Å²) in [4.78, 5) is 9.34. The van der Waals surface area contributed by atoms with Crippen molar-refractivity contribution in [1.82, 2.24) is 6.15 Å². The second-order valence-electron chi connectivity index (χ2n) is 0.995. The van der Waals surface area contributed by atoms with Gasteiger partial charge in [-0.2, -0.15) is 0 Å². The van der Waals surface area contributed by atoms with E-state index >= 15 is 0 Å².